The highest BCUT2D eigenvalue weighted by atomic mass is 19.1. The van der Waals surface area contributed by atoms with Gasteiger partial charge in [-0.25, -0.2) is 4.39 Å². The number of carbonyl (C=O) groups is 1. The number of halogens is 1. The molecule has 45 heavy (non-hydrogen) atoms. The van der Waals surface area contributed by atoms with Crippen LogP contribution in [0.3, 0.4) is 0 Å². The van der Waals surface area contributed by atoms with E-state index in [0.717, 1.165) is 32.1 Å². The van der Waals surface area contributed by atoms with E-state index < -0.39 is 5.60 Å². The van der Waals surface area contributed by atoms with Crippen LogP contribution in [0.15, 0.2) is 48.5 Å². The zero-order valence-electron chi connectivity index (χ0n) is 31.7. The largest absolute Gasteiger partial charge is 0.367 e. The molecule has 0 aromatic heterocycles. The van der Waals surface area contributed by atoms with Crippen molar-refractivity contribution in [2.45, 2.75) is 172 Å². The van der Waals surface area contributed by atoms with Crippen molar-refractivity contribution in [3.63, 3.8) is 0 Å². The molecule has 0 aliphatic carbocycles. The van der Waals surface area contributed by atoms with Gasteiger partial charge in [0.25, 0.3) is 0 Å². The van der Waals surface area contributed by atoms with E-state index >= 15 is 0 Å². The second-order valence-corrected chi connectivity index (χ2v) is 12.0. The zero-order valence-corrected chi connectivity index (χ0v) is 31.7. The fraction of sp³-hybridized carbons (Fsp3) is 0.690. The molecule has 3 rings (SSSR count). The molecule has 3 atom stereocenters. The smallest absolute Gasteiger partial charge is 0.161 e. The number of carbonyl (C=O) groups excluding carboxylic acids is 1. The third-order valence-corrected chi connectivity index (χ3v) is 8.49. The average molecular weight is 629 g/mol. The molecule has 260 valence electrons. The van der Waals surface area contributed by atoms with Crippen LogP contribution in [0, 0.1) is 17.7 Å². The number of ketones is 1. The number of aryl methyl sites for hydroxylation is 2. The van der Waals surface area contributed by atoms with Crippen LogP contribution in [-0.4, -0.2) is 18.0 Å². The summed E-state index contributed by atoms with van der Waals surface area (Å²) < 4.78 is 19.3. The van der Waals surface area contributed by atoms with Crippen LogP contribution < -0.4 is 0 Å². The Hall–Kier alpha value is -2.00. The zero-order chi connectivity index (χ0) is 34.7. The normalized spacial score (nSPS) is 17.6. The Labute approximate surface area is 280 Å². The summed E-state index contributed by atoms with van der Waals surface area (Å²) in [6, 6.07) is 16.0. The number of ether oxygens (including phenoxy) is 1. The van der Waals surface area contributed by atoms with E-state index in [1.165, 1.54) is 61.6 Å². The molecule has 0 saturated carbocycles. The third kappa shape index (κ3) is 17.5. The highest BCUT2D eigenvalue weighted by Crippen LogP contribution is 2.37. The van der Waals surface area contributed by atoms with Crippen LogP contribution >= 0.6 is 0 Å². The lowest BCUT2D eigenvalue weighted by molar-refractivity contribution is -0.163. The number of hydrogen-bond donors (Lipinski definition) is 0. The molecule has 1 aliphatic rings. The Morgan fingerprint density at radius 2 is 1.40 bits per heavy atom. The van der Waals surface area contributed by atoms with Gasteiger partial charge in [-0.1, -0.05) is 145 Å². The molecule has 0 amide bonds. The quantitative estimate of drug-likeness (QED) is 0.195. The predicted molar refractivity (Wildman–Crippen MR) is 198 cm³/mol. The molecule has 2 nitrogen and oxygen atoms in total. The van der Waals surface area contributed by atoms with Crippen molar-refractivity contribution in [2.24, 2.45) is 11.8 Å². The van der Waals surface area contributed by atoms with Crippen molar-refractivity contribution in [1.82, 2.24) is 0 Å². The molecular formula is C42H73FO2. The Morgan fingerprint density at radius 1 is 0.844 bits per heavy atom. The summed E-state index contributed by atoms with van der Waals surface area (Å²) in [6.45, 7) is 25.2. The van der Waals surface area contributed by atoms with E-state index in [2.05, 4.69) is 58.9 Å². The molecule has 3 heteroatoms. The second-order valence-electron chi connectivity index (χ2n) is 12.0. The predicted octanol–water partition coefficient (Wildman–Crippen LogP) is 13.4. The minimum absolute atomic E-state index is 0.158. The van der Waals surface area contributed by atoms with E-state index in [4.69, 9.17) is 4.74 Å². The number of Topliss-reactive ketones (excluding diaryl/α,β-unsaturated/α-hetero) is 1. The minimum atomic E-state index is -0.550. The Balaban J connectivity index is 0. The first kappa shape index (κ1) is 45.1. The van der Waals surface area contributed by atoms with Crippen molar-refractivity contribution in [2.75, 3.05) is 6.61 Å². The molecular weight excluding hydrogens is 555 g/mol. The maximum atomic E-state index is 13.2. The first-order valence-electron chi connectivity index (χ1n) is 18.7. The average Bonchev–Trinajstić information content (AvgIpc) is 3.07. The standard InChI is InChI=1S/C24H37FO2.C12H18.3C2H6/c1-5-8-21(22-11-13-23(25)14-12-22)10-7-6-9-20-15-16-24(18(2)3,19(4)26)27-17-20;1-3-6-11-8-5-9-12(10-11)7-4-2;3*1-2/h11-14,18,20-21H,5-10,15-17H2,1-4H3;5,8-10H,3-4,6-7H2,1-2H3;3*1-2H3. The second kappa shape index (κ2) is 28.2. The summed E-state index contributed by atoms with van der Waals surface area (Å²) >= 11 is 0. The number of hydrogen-bond acceptors (Lipinski definition) is 2. The van der Waals surface area contributed by atoms with E-state index in [9.17, 15) is 9.18 Å². The van der Waals surface area contributed by atoms with Crippen molar-refractivity contribution in [1.29, 1.82) is 0 Å². The lowest BCUT2D eigenvalue weighted by atomic mass is 9.77. The van der Waals surface area contributed by atoms with Gasteiger partial charge in [0.1, 0.15) is 11.4 Å². The molecule has 2 aromatic rings. The van der Waals surface area contributed by atoms with Crippen LogP contribution in [0.2, 0.25) is 0 Å². The molecule has 0 spiro atoms. The summed E-state index contributed by atoms with van der Waals surface area (Å²) in [7, 11) is 0. The summed E-state index contributed by atoms with van der Waals surface area (Å²) in [6.07, 6.45) is 13.9. The van der Waals surface area contributed by atoms with Crippen LogP contribution in [0.5, 0.6) is 0 Å². The minimum Gasteiger partial charge on any atom is -0.367 e. The van der Waals surface area contributed by atoms with Crippen LogP contribution in [0.4, 0.5) is 4.39 Å². The van der Waals surface area contributed by atoms with Crippen molar-refractivity contribution < 1.29 is 13.9 Å². The fourth-order valence-corrected chi connectivity index (χ4v) is 6.11. The summed E-state index contributed by atoms with van der Waals surface area (Å²) in [5.41, 5.74) is 3.69. The Morgan fingerprint density at radius 3 is 1.82 bits per heavy atom. The van der Waals surface area contributed by atoms with Gasteiger partial charge in [0, 0.05) is 0 Å². The fourth-order valence-electron chi connectivity index (χ4n) is 6.11. The Bertz CT molecular complexity index is 920. The van der Waals surface area contributed by atoms with Gasteiger partial charge in [0.2, 0.25) is 0 Å². The van der Waals surface area contributed by atoms with Gasteiger partial charge < -0.3 is 4.74 Å². The van der Waals surface area contributed by atoms with Gasteiger partial charge in [-0.2, -0.15) is 0 Å². The monoisotopic (exact) mass is 629 g/mol. The summed E-state index contributed by atoms with van der Waals surface area (Å²) in [5, 5.41) is 0. The van der Waals surface area contributed by atoms with Crippen molar-refractivity contribution >= 4 is 5.78 Å². The molecule has 1 heterocycles. The molecule has 0 N–H and O–H groups in total. The number of rotatable bonds is 14. The van der Waals surface area contributed by atoms with Gasteiger partial charge in [-0.3, -0.25) is 4.79 Å². The molecule has 1 fully saturated rings. The van der Waals surface area contributed by atoms with Crippen LogP contribution in [0.25, 0.3) is 0 Å². The molecule has 1 saturated heterocycles. The van der Waals surface area contributed by atoms with E-state index in [1.807, 2.05) is 53.7 Å². The summed E-state index contributed by atoms with van der Waals surface area (Å²) in [4.78, 5) is 12.1. The van der Waals surface area contributed by atoms with Gasteiger partial charge in [0.15, 0.2) is 5.78 Å². The molecule has 2 aromatic carbocycles. The topological polar surface area (TPSA) is 26.3 Å². The van der Waals surface area contributed by atoms with E-state index in [0.29, 0.717) is 18.4 Å². The maximum Gasteiger partial charge on any atom is 0.161 e. The molecule has 3 unspecified atom stereocenters. The third-order valence-electron chi connectivity index (χ3n) is 8.49. The maximum absolute atomic E-state index is 13.2. The van der Waals surface area contributed by atoms with Gasteiger partial charge in [0.05, 0.1) is 6.61 Å². The number of benzene rings is 2. The first-order valence-corrected chi connectivity index (χ1v) is 18.7. The lowest BCUT2D eigenvalue weighted by Gasteiger charge is -2.41. The summed E-state index contributed by atoms with van der Waals surface area (Å²) in [5.74, 6) is 1.37. The first-order chi connectivity index (χ1) is 21.7. The molecule has 0 radical (unpaired) electrons. The van der Waals surface area contributed by atoms with E-state index in [-0.39, 0.29) is 17.5 Å². The van der Waals surface area contributed by atoms with Gasteiger partial charge in [-0.05, 0) is 98.4 Å². The van der Waals surface area contributed by atoms with Gasteiger partial charge in [-0.15, -0.1) is 0 Å². The molecule has 1 aliphatic heterocycles. The van der Waals surface area contributed by atoms with E-state index in [1.54, 1.807) is 19.1 Å². The van der Waals surface area contributed by atoms with Crippen molar-refractivity contribution in [3.8, 4) is 0 Å². The van der Waals surface area contributed by atoms with Crippen LogP contribution in [0.1, 0.15) is 170 Å². The van der Waals surface area contributed by atoms with Crippen molar-refractivity contribution in [3.05, 3.63) is 71.0 Å². The molecule has 0 bridgehead atoms. The van der Waals surface area contributed by atoms with Crippen LogP contribution in [-0.2, 0) is 22.4 Å². The SMILES string of the molecule is CC.CC.CC.CCCC(CCCCC1CCC(C(C)=O)(C(C)C)OC1)c1ccc(F)cc1.CCCc1cccc(CCC)c1. The highest BCUT2D eigenvalue weighted by Gasteiger charge is 2.43. The Kier molecular flexibility index (Phi) is 28.3. The lowest BCUT2D eigenvalue weighted by Crippen LogP contribution is -2.49. The van der Waals surface area contributed by atoms with Gasteiger partial charge >= 0.3 is 0 Å². The number of unbranched alkanes of at least 4 members (excludes halogenated alkanes) is 1. The highest BCUT2D eigenvalue weighted by molar-refractivity contribution is 5.85.